The van der Waals surface area contributed by atoms with Gasteiger partial charge in [-0.25, -0.2) is 9.78 Å². The molecule has 2 aromatic rings. The lowest BCUT2D eigenvalue weighted by atomic mass is 9.79. The highest BCUT2D eigenvalue weighted by Crippen LogP contribution is 2.51. The molecule has 184 valence electrons. The third-order valence-corrected chi connectivity index (χ3v) is 8.34. The number of aliphatic hydroxyl groups is 1. The molecule has 6 atom stereocenters. The van der Waals surface area contributed by atoms with Gasteiger partial charge in [0.05, 0.1) is 24.1 Å². The molecule has 2 fully saturated rings. The van der Waals surface area contributed by atoms with E-state index in [2.05, 4.69) is 25.8 Å². The molecule has 2 amide bonds. The van der Waals surface area contributed by atoms with Crippen LogP contribution >= 0.6 is 11.8 Å². The molecule has 4 heterocycles. The molecule has 12 heteroatoms. The Labute approximate surface area is 205 Å². The van der Waals surface area contributed by atoms with Gasteiger partial charge in [-0.1, -0.05) is 19.1 Å². The van der Waals surface area contributed by atoms with Gasteiger partial charge in [0.1, 0.15) is 12.0 Å². The SMILES string of the molecule is C[C@H]1C(S[C@@H]2CN[C@H](C(=O)Nc3cccc(-c4ncn[nH]4)c3)C2)=C(C(=O)O)N2C(=O)[C@H]([C@@H](C)O)C12. The van der Waals surface area contributed by atoms with E-state index in [0.717, 1.165) is 5.56 Å². The van der Waals surface area contributed by atoms with Crippen LogP contribution in [0, 0.1) is 11.8 Å². The van der Waals surface area contributed by atoms with Crippen molar-refractivity contribution in [1.82, 2.24) is 25.4 Å². The van der Waals surface area contributed by atoms with Crippen LogP contribution in [0.5, 0.6) is 0 Å². The van der Waals surface area contributed by atoms with E-state index in [9.17, 15) is 24.6 Å². The minimum atomic E-state index is -1.15. The smallest absolute Gasteiger partial charge is 0.353 e. The van der Waals surface area contributed by atoms with Gasteiger partial charge in [0, 0.05) is 33.9 Å². The minimum Gasteiger partial charge on any atom is -0.477 e. The number of nitrogens with one attached hydrogen (secondary N) is 3. The van der Waals surface area contributed by atoms with Crippen molar-refractivity contribution in [3.63, 3.8) is 0 Å². The number of carboxylic acid groups (broad SMARTS) is 1. The summed E-state index contributed by atoms with van der Waals surface area (Å²) in [6.07, 6.45) is 1.09. The summed E-state index contributed by atoms with van der Waals surface area (Å²) >= 11 is 1.41. The second-order valence-corrected chi connectivity index (χ2v) is 10.5. The number of anilines is 1. The molecule has 2 saturated heterocycles. The van der Waals surface area contributed by atoms with Crippen LogP contribution < -0.4 is 10.6 Å². The van der Waals surface area contributed by atoms with Gasteiger partial charge >= 0.3 is 5.97 Å². The molecule has 0 aliphatic carbocycles. The maximum atomic E-state index is 12.9. The Morgan fingerprint density at radius 1 is 1.34 bits per heavy atom. The van der Waals surface area contributed by atoms with Crippen LogP contribution in [-0.2, 0) is 14.4 Å². The van der Waals surface area contributed by atoms with E-state index in [4.69, 9.17) is 0 Å². The average Bonchev–Trinajstić information content (AvgIpc) is 3.55. The zero-order valence-electron chi connectivity index (χ0n) is 19.1. The number of hydrogen-bond acceptors (Lipinski definition) is 8. The summed E-state index contributed by atoms with van der Waals surface area (Å²) in [5, 5.41) is 32.6. The first-order chi connectivity index (χ1) is 16.8. The number of fused-ring (bicyclic) bond motifs is 1. The fourth-order valence-electron chi connectivity index (χ4n) is 5.17. The van der Waals surface area contributed by atoms with E-state index in [1.807, 2.05) is 25.1 Å². The minimum absolute atomic E-state index is 0.00605. The molecule has 0 bridgehead atoms. The molecule has 0 spiro atoms. The molecule has 5 rings (SSSR count). The lowest BCUT2D eigenvalue weighted by molar-refractivity contribution is -0.163. The van der Waals surface area contributed by atoms with Crippen LogP contribution in [0.25, 0.3) is 11.4 Å². The summed E-state index contributed by atoms with van der Waals surface area (Å²) in [5.74, 6) is -1.86. The molecule has 5 N–H and O–H groups in total. The molecule has 3 aliphatic rings. The summed E-state index contributed by atoms with van der Waals surface area (Å²) in [4.78, 5) is 43.5. The first kappa shape index (κ1) is 23.5. The summed E-state index contributed by atoms with van der Waals surface area (Å²) in [6.45, 7) is 3.98. The van der Waals surface area contributed by atoms with Gasteiger partial charge in [-0.05, 0) is 25.5 Å². The third kappa shape index (κ3) is 4.11. The third-order valence-electron chi connectivity index (χ3n) is 6.83. The number of β-lactam (4-membered cyclic amide) rings is 1. The zero-order valence-corrected chi connectivity index (χ0v) is 20.0. The fraction of sp³-hybridized carbons (Fsp3) is 0.435. The largest absolute Gasteiger partial charge is 0.477 e. The van der Waals surface area contributed by atoms with E-state index in [0.29, 0.717) is 29.4 Å². The van der Waals surface area contributed by atoms with Crippen molar-refractivity contribution < 1.29 is 24.6 Å². The van der Waals surface area contributed by atoms with Crippen molar-refractivity contribution in [2.45, 2.75) is 43.7 Å². The topological polar surface area (TPSA) is 161 Å². The molecule has 11 nitrogen and oxygen atoms in total. The summed E-state index contributed by atoms with van der Waals surface area (Å²) in [5.41, 5.74) is 1.44. The lowest BCUT2D eigenvalue weighted by Crippen LogP contribution is -2.63. The number of carbonyl (C=O) groups is 3. The standard InChI is InChI=1S/C23H26N6O5S/c1-10-17-16(11(2)30)22(32)29(17)18(23(33)34)19(10)35-14-7-15(24-8-14)21(31)27-13-5-3-4-12(6-13)20-25-9-26-28-20/h3-6,9-11,14-17,24,30H,7-8H2,1-2H3,(H,27,31)(H,33,34)(H,25,26,28)/t10-,11-,14+,15+,16-,17?/m1/s1. The highest BCUT2D eigenvalue weighted by Gasteiger charge is 2.60. The number of hydrogen-bond donors (Lipinski definition) is 5. The summed E-state index contributed by atoms with van der Waals surface area (Å²) in [6, 6.07) is 6.51. The number of amides is 2. The van der Waals surface area contributed by atoms with Gasteiger partial charge in [-0.15, -0.1) is 11.8 Å². The summed E-state index contributed by atoms with van der Waals surface area (Å²) in [7, 11) is 0. The van der Waals surface area contributed by atoms with Crippen LogP contribution in [0.3, 0.4) is 0 Å². The Bertz CT molecular complexity index is 1200. The monoisotopic (exact) mass is 498 g/mol. The first-order valence-electron chi connectivity index (χ1n) is 11.4. The number of aromatic amines is 1. The molecular weight excluding hydrogens is 472 g/mol. The van der Waals surface area contributed by atoms with Crippen LogP contribution in [-0.4, -0.2) is 78.1 Å². The van der Waals surface area contributed by atoms with Gasteiger partial charge < -0.3 is 25.7 Å². The number of benzene rings is 1. The van der Waals surface area contributed by atoms with E-state index in [-0.39, 0.29) is 34.7 Å². The number of carbonyl (C=O) groups excluding carboxylic acids is 2. The Hall–Kier alpha value is -3.22. The Morgan fingerprint density at radius 3 is 2.83 bits per heavy atom. The number of thioether (sulfide) groups is 1. The predicted octanol–water partition coefficient (Wildman–Crippen LogP) is 1.03. The quantitative estimate of drug-likeness (QED) is 0.351. The van der Waals surface area contributed by atoms with Crippen molar-refractivity contribution in [3.8, 4) is 11.4 Å². The van der Waals surface area contributed by atoms with Crippen LogP contribution in [0.1, 0.15) is 20.3 Å². The predicted molar refractivity (Wildman–Crippen MR) is 128 cm³/mol. The van der Waals surface area contributed by atoms with Crippen LogP contribution in [0.15, 0.2) is 41.2 Å². The average molecular weight is 499 g/mol. The molecular formula is C23H26N6O5S. The maximum absolute atomic E-state index is 12.9. The van der Waals surface area contributed by atoms with E-state index < -0.39 is 24.0 Å². The molecule has 1 aromatic heterocycles. The highest BCUT2D eigenvalue weighted by atomic mass is 32.2. The number of aliphatic hydroxyl groups excluding tert-OH is 1. The van der Waals surface area contributed by atoms with Crippen LogP contribution in [0.4, 0.5) is 5.69 Å². The second kappa shape index (κ2) is 9.10. The van der Waals surface area contributed by atoms with Crippen molar-refractivity contribution >= 4 is 35.2 Å². The van der Waals surface area contributed by atoms with E-state index in [1.165, 1.54) is 23.0 Å². The second-order valence-electron chi connectivity index (χ2n) is 9.11. The highest BCUT2D eigenvalue weighted by molar-refractivity contribution is 8.03. The van der Waals surface area contributed by atoms with E-state index in [1.54, 1.807) is 13.0 Å². The number of H-pyrrole nitrogens is 1. The number of rotatable bonds is 7. The van der Waals surface area contributed by atoms with Crippen molar-refractivity contribution in [1.29, 1.82) is 0 Å². The number of nitrogens with zero attached hydrogens (tertiary/aromatic N) is 3. The van der Waals surface area contributed by atoms with E-state index >= 15 is 0 Å². The normalized spacial score (nSPS) is 28.6. The Morgan fingerprint density at radius 2 is 2.14 bits per heavy atom. The van der Waals surface area contributed by atoms with Gasteiger partial charge in [0.15, 0.2) is 5.82 Å². The van der Waals surface area contributed by atoms with Crippen molar-refractivity contribution in [2.24, 2.45) is 11.8 Å². The zero-order chi connectivity index (χ0) is 24.9. The summed E-state index contributed by atoms with van der Waals surface area (Å²) < 4.78 is 0. The van der Waals surface area contributed by atoms with Gasteiger partial charge in [-0.2, -0.15) is 5.10 Å². The van der Waals surface area contributed by atoms with Crippen LogP contribution in [0.2, 0.25) is 0 Å². The lowest BCUT2D eigenvalue weighted by Gasteiger charge is -2.46. The fourth-order valence-corrected chi connectivity index (χ4v) is 6.65. The van der Waals surface area contributed by atoms with Gasteiger partial charge in [-0.3, -0.25) is 14.7 Å². The maximum Gasteiger partial charge on any atom is 0.353 e. The molecule has 1 aromatic carbocycles. The first-order valence-corrected chi connectivity index (χ1v) is 12.3. The molecule has 35 heavy (non-hydrogen) atoms. The number of carboxylic acids is 1. The molecule has 1 unspecified atom stereocenters. The number of aliphatic carboxylic acids is 1. The van der Waals surface area contributed by atoms with Gasteiger partial charge in [0.25, 0.3) is 0 Å². The molecule has 0 saturated carbocycles. The van der Waals surface area contributed by atoms with Crippen molar-refractivity contribution in [3.05, 3.63) is 41.2 Å². The molecule has 0 radical (unpaired) electrons. The number of aromatic nitrogens is 3. The van der Waals surface area contributed by atoms with Crippen molar-refractivity contribution in [2.75, 3.05) is 11.9 Å². The molecule has 3 aliphatic heterocycles. The van der Waals surface area contributed by atoms with Gasteiger partial charge in [0.2, 0.25) is 11.8 Å². The Kier molecular flexibility index (Phi) is 6.11. The Balaban J connectivity index is 1.25.